The molecule has 25 nitrogen and oxygen atoms in total. The molecule has 7 atom stereocenters. The molecule has 2 saturated heterocycles. The van der Waals surface area contributed by atoms with Crippen molar-refractivity contribution in [3.05, 3.63) is 104 Å². The number of ketones is 2. The number of nitrogens with two attached hydrogens (primary N) is 3. The fourth-order valence-corrected chi connectivity index (χ4v) is 11.7. The number of nitrogens with zero attached hydrogens (tertiary/aromatic N) is 5. The average molecular weight is 1030 g/mol. The zero-order valence-electron chi connectivity index (χ0n) is 37.1. The number of carboxylic acid groups (broad SMARTS) is 1. The number of amides is 4. The maximum Gasteiger partial charge on any atom is 0.410 e. The first-order valence-corrected chi connectivity index (χ1v) is 24.9. The lowest BCUT2D eigenvalue weighted by Gasteiger charge is -2.29. The Morgan fingerprint density at radius 1 is 1.00 bits per heavy atom. The molecule has 4 aliphatic rings. The van der Waals surface area contributed by atoms with Gasteiger partial charge in [-0.3, -0.25) is 38.1 Å². The van der Waals surface area contributed by atoms with E-state index >= 15 is 0 Å². The second kappa shape index (κ2) is 20.8. The molecular weight excluding hydrogens is 989 g/mol. The summed E-state index contributed by atoms with van der Waals surface area (Å²) in [5.41, 5.74) is 18.3. The standard InChI is InChI=1S/C43H44N12O13S3/c1-18-30(44)36(58)29-24(16-67-42(46)63)32-33-26(14-54(32)34(29)35(18)57)55(33)43(64)68-15-19-2-8-23(9-3-19)70-69-17-28(71(65)66)51-27(56)11-10-25(40(61)62)50-38(59)20-4-6-21(7-5-20)47-12-22-13-48-37-31(49-22)39(60)53-41(45)52-37/h2-9,13,24-26,28,32-33,47H,10-12,14-17,44H2,1H3,(H2,46,63)(H,50,59)(H,51,56)(H,61,62)(H,65,66)(H3,45,48,52,53,60)/p-1/t24-,25+,26+,28-,32?,33+,55?/m1/s1. The largest absolute Gasteiger partial charge is 0.771 e. The van der Waals surface area contributed by atoms with E-state index in [0.717, 1.165) is 10.8 Å². The summed E-state index contributed by atoms with van der Waals surface area (Å²) < 4.78 is 34.7. The smallest absolute Gasteiger partial charge is 0.410 e. The maximum absolute atomic E-state index is 13.3. The van der Waals surface area contributed by atoms with Gasteiger partial charge in [0.15, 0.2) is 11.2 Å². The number of aromatic nitrogens is 4. The van der Waals surface area contributed by atoms with Crippen molar-refractivity contribution in [3.63, 3.8) is 0 Å². The number of aliphatic carboxylic acids is 1. The van der Waals surface area contributed by atoms with Gasteiger partial charge in [0.25, 0.3) is 11.5 Å². The number of allylic oxidation sites excluding steroid dienone is 2. The number of benzene rings is 2. The third-order valence-electron chi connectivity index (χ3n) is 12.1. The van der Waals surface area contributed by atoms with Crippen molar-refractivity contribution < 1.29 is 56.9 Å². The Morgan fingerprint density at radius 3 is 2.42 bits per heavy atom. The Morgan fingerprint density at radius 2 is 1.73 bits per heavy atom. The number of fused-ring (bicyclic) bond motifs is 5. The second-order valence-corrected chi connectivity index (χ2v) is 20.0. The molecule has 0 bridgehead atoms. The molecule has 0 spiro atoms. The average Bonchev–Trinajstić information content (AvgIpc) is 3.76. The fourth-order valence-electron chi connectivity index (χ4n) is 8.53. The van der Waals surface area contributed by atoms with Gasteiger partial charge in [-0.05, 0) is 66.4 Å². The highest BCUT2D eigenvalue weighted by molar-refractivity contribution is 8.76. The van der Waals surface area contributed by atoms with Crippen LogP contribution in [0.25, 0.3) is 11.2 Å². The van der Waals surface area contributed by atoms with Crippen LogP contribution in [0.1, 0.15) is 41.4 Å². The molecule has 372 valence electrons. The van der Waals surface area contributed by atoms with E-state index in [0.29, 0.717) is 21.8 Å². The molecule has 2 fully saturated rings. The number of Topliss-reactive ketones (excluding diaryl/α,β-unsaturated/α-hetero) is 2. The van der Waals surface area contributed by atoms with E-state index < -0.39 is 94.0 Å². The van der Waals surface area contributed by atoms with Gasteiger partial charge in [-0.25, -0.2) is 24.4 Å². The zero-order valence-corrected chi connectivity index (χ0v) is 39.6. The van der Waals surface area contributed by atoms with E-state index in [1.807, 2.05) is 0 Å². The molecule has 0 radical (unpaired) electrons. The third-order valence-corrected chi connectivity index (χ3v) is 15.4. The summed E-state index contributed by atoms with van der Waals surface area (Å²) >= 11 is -2.74. The molecular formula is C43H43N12O13S3-. The van der Waals surface area contributed by atoms with Crippen LogP contribution in [-0.4, -0.2) is 134 Å². The van der Waals surface area contributed by atoms with Gasteiger partial charge in [-0.1, -0.05) is 33.7 Å². The minimum atomic E-state index is -2.74. The number of hydrogen-bond acceptors (Lipinski definition) is 21. The number of carbonyl (C=O) groups is 7. The molecule has 2 aromatic heterocycles. The summed E-state index contributed by atoms with van der Waals surface area (Å²) in [7, 11) is 2.36. The van der Waals surface area contributed by atoms with Crippen LogP contribution in [0.3, 0.4) is 0 Å². The van der Waals surface area contributed by atoms with Gasteiger partial charge in [0, 0.05) is 51.9 Å². The fraction of sp³-hybridized carbons (Fsp3) is 0.326. The SMILES string of the molecule is CC1=C(N)C(=O)C2=C(C1=O)N1C[C@H]3[C@@H](C1[C@@H]2COC(N)=O)N3C(=O)OCc1ccc(SSC[C@H](NC(=O)CC[C@H](NC(=O)c2ccc(NCc3cnc4nc(N)[nH]c(=O)c4n3)cc2)C(=O)O)S(=O)[O-])cc1. The van der Waals surface area contributed by atoms with E-state index in [4.69, 9.17) is 26.7 Å². The molecule has 2 unspecified atom stereocenters. The van der Waals surface area contributed by atoms with Crippen LogP contribution in [0.4, 0.5) is 21.2 Å². The predicted octanol–water partition coefficient (Wildman–Crippen LogP) is 0.370. The number of ether oxygens (including phenoxy) is 2. The highest BCUT2D eigenvalue weighted by Crippen LogP contribution is 2.53. The molecule has 3 aliphatic heterocycles. The van der Waals surface area contributed by atoms with Crippen molar-refractivity contribution >= 4 is 97.0 Å². The van der Waals surface area contributed by atoms with Crippen molar-refractivity contribution in [2.75, 3.05) is 30.0 Å². The normalized spacial score (nSPS) is 20.1. The molecule has 28 heteroatoms. The first kappa shape index (κ1) is 49.8. The number of nitrogen functional groups attached to an aromatic ring is 1. The molecule has 2 aromatic carbocycles. The maximum atomic E-state index is 13.3. The van der Waals surface area contributed by atoms with Gasteiger partial charge >= 0.3 is 18.2 Å². The Hall–Kier alpha value is -7.56. The number of carbonyl (C=O) groups excluding carboxylic acids is 6. The van der Waals surface area contributed by atoms with Crippen molar-refractivity contribution in [2.24, 2.45) is 17.4 Å². The highest BCUT2D eigenvalue weighted by atomic mass is 33.1. The van der Waals surface area contributed by atoms with Gasteiger partial charge in [0.05, 0.1) is 48.0 Å². The van der Waals surface area contributed by atoms with Crippen LogP contribution in [0.15, 0.2) is 87.0 Å². The number of piperazine rings is 1. The summed E-state index contributed by atoms with van der Waals surface area (Å²) in [6.45, 7) is 1.52. The van der Waals surface area contributed by atoms with E-state index in [9.17, 15) is 52.2 Å². The van der Waals surface area contributed by atoms with Gasteiger partial charge < -0.3 is 57.2 Å². The second-order valence-electron chi connectivity index (χ2n) is 16.5. The molecule has 8 rings (SSSR count). The number of carboxylic acids is 1. The first-order valence-electron chi connectivity index (χ1n) is 21.5. The van der Waals surface area contributed by atoms with E-state index in [1.54, 1.807) is 41.3 Å². The number of hydrogen-bond donors (Lipinski definition) is 8. The van der Waals surface area contributed by atoms with Crippen LogP contribution in [0.2, 0.25) is 0 Å². The van der Waals surface area contributed by atoms with Crippen molar-refractivity contribution in [3.8, 4) is 0 Å². The van der Waals surface area contributed by atoms with Crippen molar-refractivity contribution in [2.45, 2.75) is 67.4 Å². The number of primary amides is 1. The molecule has 4 amide bonds. The van der Waals surface area contributed by atoms with E-state index in [1.165, 1.54) is 40.9 Å². The summed E-state index contributed by atoms with van der Waals surface area (Å²) in [6, 6.07) is 10.2. The van der Waals surface area contributed by atoms with Crippen LogP contribution in [0.5, 0.6) is 0 Å². The number of rotatable bonds is 19. The Kier molecular flexibility index (Phi) is 14.6. The third kappa shape index (κ3) is 10.8. The predicted molar refractivity (Wildman–Crippen MR) is 253 cm³/mol. The van der Waals surface area contributed by atoms with Gasteiger partial charge in [-0.2, -0.15) is 4.98 Å². The minimum absolute atomic E-state index is 0.0130. The van der Waals surface area contributed by atoms with E-state index in [-0.39, 0.29) is 89.7 Å². The lowest BCUT2D eigenvalue weighted by Crippen LogP contribution is -2.43. The number of nitrogens with one attached hydrogen (secondary N) is 4. The van der Waals surface area contributed by atoms with E-state index in [2.05, 4.69) is 35.9 Å². The molecule has 11 N–H and O–H groups in total. The quantitative estimate of drug-likeness (QED) is 0.0272. The number of H-pyrrole nitrogens is 1. The Bertz CT molecular complexity index is 3010. The molecule has 5 heterocycles. The van der Waals surface area contributed by atoms with Gasteiger partial charge in [-0.15, -0.1) is 0 Å². The molecule has 71 heavy (non-hydrogen) atoms. The number of anilines is 2. The van der Waals surface area contributed by atoms with Crippen molar-refractivity contribution in [1.82, 2.24) is 40.4 Å². The minimum Gasteiger partial charge on any atom is -0.771 e. The van der Waals surface area contributed by atoms with Crippen LogP contribution < -0.4 is 38.7 Å². The molecule has 4 aromatic rings. The Labute approximate surface area is 411 Å². The summed E-state index contributed by atoms with van der Waals surface area (Å²) in [5.74, 6) is -4.71. The van der Waals surface area contributed by atoms with Crippen LogP contribution >= 0.6 is 21.6 Å². The van der Waals surface area contributed by atoms with Crippen LogP contribution in [0, 0.1) is 5.92 Å². The van der Waals surface area contributed by atoms with Gasteiger partial charge in [0.1, 0.15) is 24.6 Å². The lowest BCUT2D eigenvalue weighted by atomic mass is 9.84. The topological polar surface area (TPSA) is 390 Å². The first-order chi connectivity index (χ1) is 33.9. The van der Waals surface area contributed by atoms with Crippen LogP contribution in [-0.2, 0) is 52.9 Å². The lowest BCUT2D eigenvalue weighted by molar-refractivity contribution is -0.139. The highest BCUT2D eigenvalue weighted by Gasteiger charge is 2.69. The number of aromatic amines is 1. The van der Waals surface area contributed by atoms with Gasteiger partial charge in [0.2, 0.25) is 23.4 Å². The summed E-state index contributed by atoms with van der Waals surface area (Å²) in [4.78, 5) is 120. The Balaban J connectivity index is 0.753. The zero-order chi connectivity index (χ0) is 50.8. The van der Waals surface area contributed by atoms with Crippen molar-refractivity contribution in [1.29, 1.82) is 0 Å². The molecule has 1 aliphatic carbocycles. The summed E-state index contributed by atoms with van der Waals surface area (Å²) in [5, 5.41) is 16.3. The molecule has 0 saturated carbocycles. The monoisotopic (exact) mass is 1030 g/mol. The summed E-state index contributed by atoms with van der Waals surface area (Å²) in [6.07, 6.45) is -0.997.